The highest BCUT2D eigenvalue weighted by Crippen LogP contribution is 2.37. The zero-order valence-electron chi connectivity index (χ0n) is 15.5. The number of carbonyl (C=O) groups excluding carboxylic acids is 1. The maximum atomic E-state index is 13.2. The number of alkyl halides is 3. The summed E-state index contributed by atoms with van der Waals surface area (Å²) >= 11 is 1.12. The number of hydrogen-bond acceptors (Lipinski definition) is 6. The fraction of sp³-hybridized carbons (Fsp3) is 0.222. The van der Waals surface area contributed by atoms with Crippen LogP contribution in [-0.4, -0.2) is 30.8 Å². The second-order valence-corrected chi connectivity index (χ2v) is 8.76. The number of nitrogens with two attached hydrogens (primary N) is 1. The highest BCUT2D eigenvalue weighted by Gasteiger charge is 2.35. The van der Waals surface area contributed by atoms with E-state index in [-0.39, 0.29) is 17.2 Å². The molecule has 160 valence electrons. The summed E-state index contributed by atoms with van der Waals surface area (Å²) in [6.45, 7) is 1.20. The van der Waals surface area contributed by atoms with E-state index >= 15 is 0 Å². The van der Waals surface area contributed by atoms with Crippen LogP contribution in [0.15, 0.2) is 47.4 Å². The number of carbonyl (C=O) groups is 1. The first kappa shape index (κ1) is 22.0. The van der Waals surface area contributed by atoms with Gasteiger partial charge in [0.15, 0.2) is 5.69 Å². The van der Waals surface area contributed by atoms with Crippen molar-refractivity contribution in [2.45, 2.75) is 24.5 Å². The van der Waals surface area contributed by atoms with Gasteiger partial charge in [0.2, 0.25) is 10.0 Å². The van der Waals surface area contributed by atoms with Gasteiger partial charge in [-0.15, -0.1) is 11.3 Å². The Balaban J connectivity index is 2.02. The first-order chi connectivity index (χ1) is 14.0. The monoisotopic (exact) mass is 459 g/mol. The first-order valence-electron chi connectivity index (χ1n) is 8.53. The number of aromatic nitrogens is 2. The summed E-state index contributed by atoms with van der Waals surface area (Å²) < 4.78 is 68.3. The summed E-state index contributed by atoms with van der Waals surface area (Å²) in [6, 6.07) is 9.96. The van der Waals surface area contributed by atoms with Gasteiger partial charge in [0.25, 0.3) is 0 Å². The molecule has 0 radical (unpaired) electrons. The molecular weight excluding hydrogens is 443 g/mol. The number of esters is 1. The zero-order chi connectivity index (χ0) is 22.1. The number of nitrogens with zero attached hydrogens (tertiary/aromatic N) is 2. The molecule has 0 saturated heterocycles. The second-order valence-electron chi connectivity index (χ2n) is 6.11. The molecule has 3 rings (SSSR count). The topological polar surface area (TPSA) is 104 Å². The fourth-order valence-corrected chi connectivity index (χ4v) is 4.24. The molecule has 2 heterocycles. The molecule has 12 heteroatoms. The zero-order valence-corrected chi connectivity index (χ0v) is 17.1. The molecule has 0 bridgehead atoms. The van der Waals surface area contributed by atoms with E-state index in [2.05, 4.69) is 5.10 Å². The van der Waals surface area contributed by atoms with Crippen molar-refractivity contribution < 1.29 is 31.1 Å². The first-order valence-corrected chi connectivity index (χ1v) is 10.9. The molecule has 0 spiro atoms. The number of rotatable bonds is 6. The van der Waals surface area contributed by atoms with Gasteiger partial charge in [0.1, 0.15) is 6.54 Å². The van der Waals surface area contributed by atoms with E-state index in [0.29, 0.717) is 15.3 Å². The Morgan fingerprint density at radius 1 is 1.20 bits per heavy atom. The van der Waals surface area contributed by atoms with Gasteiger partial charge < -0.3 is 4.74 Å². The number of benzene rings is 1. The SMILES string of the molecule is CCOC(=O)Cn1nc(C(F)(F)F)cc1-c1ccc(-c2cccc(S(N)(=O)=O)c2)s1. The third-order valence-electron chi connectivity index (χ3n) is 3.96. The molecule has 0 aliphatic rings. The molecule has 30 heavy (non-hydrogen) atoms. The molecule has 0 saturated carbocycles. The number of hydrogen-bond donors (Lipinski definition) is 1. The third kappa shape index (κ3) is 4.89. The van der Waals surface area contributed by atoms with Gasteiger partial charge >= 0.3 is 12.1 Å². The molecule has 2 N–H and O–H groups in total. The summed E-state index contributed by atoms with van der Waals surface area (Å²) in [6.07, 6.45) is -4.68. The molecule has 0 amide bonds. The lowest BCUT2D eigenvalue weighted by atomic mass is 10.2. The van der Waals surface area contributed by atoms with E-state index < -0.39 is 34.4 Å². The third-order valence-corrected chi connectivity index (χ3v) is 6.03. The van der Waals surface area contributed by atoms with Crippen molar-refractivity contribution in [3.63, 3.8) is 0 Å². The minimum absolute atomic E-state index is 0.0818. The standard InChI is InChI=1S/C18H16F3N3O4S2/c1-2-28-17(25)10-24-13(9-16(23-24)18(19,20)21)15-7-6-14(29-15)11-4-3-5-12(8-11)30(22,26)27/h3-9H,2,10H2,1H3,(H2,22,26,27). The number of thiophene rings is 1. The van der Waals surface area contributed by atoms with Crippen LogP contribution >= 0.6 is 11.3 Å². The van der Waals surface area contributed by atoms with Gasteiger partial charge in [0.05, 0.1) is 22.1 Å². The molecule has 0 aliphatic heterocycles. The van der Waals surface area contributed by atoms with Crippen molar-refractivity contribution in [2.24, 2.45) is 5.14 Å². The van der Waals surface area contributed by atoms with Crippen LogP contribution in [0.4, 0.5) is 13.2 Å². The highest BCUT2D eigenvalue weighted by atomic mass is 32.2. The minimum atomic E-state index is -4.68. The van der Waals surface area contributed by atoms with Crippen molar-refractivity contribution in [3.8, 4) is 21.0 Å². The van der Waals surface area contributed by atoms with Crippen molar-refractivity contribution in [3.05, 3.63) is 48.2 Å². The van der Waals surface area contributed by atoms with Gasteiger partial charge in [-0.3, -0.25) is 9.48 Å². The van der Waals surface area contributed by atoms with E-state index in [1.54, 1.807) is 25.1 Å². The largest absolute Gasteiger partial charge is 0.465 e. The Morgan fingerprint density at radius 2 is 1.90 bits per heavy atom. The van der Waals surface area contributed by atoms with Crippen LogP contribution in [0, 0.1) is 0 Å². The lowest BCUT2D eigenvalue weighted by Crippen LogP contribution is -2.16. The van der Waals surface area contributed by atoms with Gasteiger partial charge in [-0.1, -0.05) is 12.1 Å². The number of primary sulfonamides is 1. The van der Waals surface area contributed by atoms with E-state index in [4.69, 9.17) is 9.88 Å². The second kappa shape index (κ2) is 8.20. The minimum Gasteiger partial charge on any atom is -0.465 e. The Bertz CT molecular complexity index is 1180. The quantitative estimate of drug-likeness (QED) is 0.568. The fourth-order valence-electron chi connectivity index (χ4n) is 2.66. The van der Waals surface area contributed by atoms with Gasteiger partial charge in [-0.25, -0.2) is 13.6 Å². The Kier molecular flexibility index (Phi) is 6.01. The summed E-state index contributed by atoms with van der Waals surface area (Å²) in [5, 5.41) is 8.66. The van der Waals surface area contributed by atoms with E-state index in [1.807, 2.05) is 0 Å². The molecule has 2 aromatic heterocycles. The maximum absolute atomic E-state index is 13.2. The number of halogens is 3. The molecule has 0 atom stereocenters. The van der Waals surface area contributed by atoms with Crippen LogP contribution in [0.2, 0.25) is 0 Å². The number of sulfonamides is 1. The van der Waals surface area contributed by atoms with E-state index in [1.165, 1.54) is 18.2 Å². The molecule has 1 aromatic carbocycles. The normalized spacial score (nSPS) is 12.2. The van der Waals surface area contributed by atoms with Crippen molar-refractivity contribution in [1.29, 1.82) is 0 Å². The van der Waals surface area contributed by atoms with Crippen LogP contribution in [0.3, 0.4) is 0 Å². The van der Waals surface area contributed by atoms with Gasteiger partial charge in [0, 0.05) is 4.88 Å². The van der Waals surface area contributed by atoms with Crippen LogP contribution in [0.5, 0.6) is 0 Å². The Hall–Kier alpha value is -2.70. The molecule has 3 aromatic rings. The Labute approximate surface area is 173 Å². The van der Waals surface area contributed by atoms with Crippen molar-refractivity contribution in [2.75, 3.05) is 6.61 Å². The average molecular weight is 459 g/mol. The number of ether oxygens (including phenoxy) is 1. The predicted octanol–water partition coefficient (Wildman–Crippen LogP) is 3.51. The highest BCUT2D eigenvalue weighted by molar-refractivity contribution is 7.89. The Morgan fingerprint density at radius 3 is 2.53 bits per heavy atom. The van der Waals surface area contributed by atoms with Crippen molar-refractivity contribution >= 4 is 27.3 Å². The van der Waals surface area contributed by atoms with E-state index in [9.17, 15) is 26.4 Å². The van der Waals surface area contributed by atoms with Crippen LogP contribution in [0.1, 0.15) is 12.6 Å². The summed E-state index contributed by atoms with van der Waals surface area (Å²) in [5.41, 5.74) is -0.507. The summed E-state index contributed by atoms with van der Waals surface area (Å²) in [7, 11) is -3.90. The molecule has 0 aliphatic carbocycles. The predicted molar refractivity (Wildman–Crippen MR) is 104 cm³/mol. The molecule has 0 fully saturated rings. The van der Waals surface area contributed by atoms with E-state index in [0.717, 1.165) is 22.1 Å². The van der Waals surface area contributed by atoms with Crippen LogP contribution in [-0.2, 0) is 32.3 Å². The van der Waals surface area contributed by atoms with Crippen LogP contribution in [0.25, 0.3) is 21.0 Å². The summed E-state index contributed by atoms with van der Waals surface area (Å²) in [5.74, 6) is -0.715. The van der Waals surface area contributed by atoms with Gasteiger partial charge in [-0.2, -0.15) is 18.3 Å². The van der Waals surface area contributed by atoms with Crippen molar-refractivity contribution in [1.82, 2.24) is 9.78 Å². The smallest absolute Gasteiger partial charge is 0.435 e. The lowest BCUT2D eigenvalue weighted by molar-refractivity contribution is -0.146. The maximum Gasteiger partial charge on any atom is 0.435 e. The lowest BCUT2D eigenvalue weighted by Gasteiger charge is -2.06. The molecule has 7 nitrogen and oxygen atoms in total. The van der Waals surface area contributed by atoms with Crippen LogP contribution < -0.4 is 5.14 Å². The summed E-state index contributed by atoms with van der Waals surface area (Å²) in [4.78, 5) is 12.7. The molecule has 0 unspecified atom stereocenters. The molecular formula is C18H16F3N3O4S2. The van der Waals surface area contributed by atoms with Gasteiger partial charge in [-0.05, 0) is 42.8 Å². The average Bonchev–Trinajstić information content (AvgIpc) is 3.28.